The minimum absolute atomic E-state index is 0.0854. The number of hydrogen-bond acceptors (Lipinski definition) is 3. The zero-order valence-electron chi connectivity index (χ0n) is 11.3. The summed E-state index contributed by atoms with van der Waals surface area (Å²) in [5.41, 5.74) is 1.92. The quantitative estimate of drug-likeness (QED) is 0.869. The Bertz CT molecular complexity index is 444. The van der Waals surface area contributed by atoms with Crippen molar-refractivity contribution in [3.05, 3.63) is 35.4 Å². The van der Waals surface area contributed by atoms with Crippen LogP contribution in [0.15, 0.2) is 24.3 Å². The van der Waals surface area contributed by atoms with Crippen LogP contribution in [0.1, 0.15) is 43.9 Å². The number of carbonyl (C=O) groups is 1. The summed E-state index contributed by atoms with van der Waals surface area (Å²) in [6, 6.07) is 8.10. The SMILES string of the molecule is CCC1(CCNC)OC(C(C)=O)c2ccccc21. The van der Waals surface area contributed by atoms with E-state index < -0.39 is 6.10 Å². The minimum atomic E-state index is -0.391. The third-order valence-corrected chi connectivity index (χ3v) is 3.80. The van der Waals surface area contributed by atoms with Crippen molar-refractivity contribution >= 4 is 5.78 Å². The number of nitrogens with one attached hydrogen (secondary N) is 1. The molecular formula is C15H21NO2. The van der Waals surface area contributed by atoms with Crippen LogP contribution in [0.25, 0.3) is 0 Å². The van der Waals surface area contributed by atoms with Crippen molar-refractivity contribution in [2.75, 3.05) is 13.6 Å². The first kappa shape index (κ1) is 13.2. The summed E-state index contributed by atoms with van der Waals surface area (Å²) in [7, 11) is 1.94. The molecule has 1 aliphatic rings. The van der Waals surface area contributed by atoms with Gasteiger partial charge in [0.2, 0.25) is 0 Å². The lowest BCUT2D eigenvalue weighted by molar-refractivity contribution is -0.141. The van der Waals surface area contributed by atoms with Gasteiger partial charge in [-0.1, -0.05) is 31.2 Å². The fourth-order valence-corrected chi connectivity index (χ4v) is 2.77. The van der Waals surface area contributed by atoms with Crippen LogP contribution in [0, 0.1) is 0 Å². The van der Waals surface area contributed by atoms with Crippen molar-refractivity contribution < 1.29 is 9.53 Å². The first-order chi connectivity index (χ1) is 8.64. The van der Waals surface area contributed by atoms with Crippen LogP contribution in [0.4, 0.5) is 0 Å². The number of fused-ring (bicyclic) bond motifs is 1. The topological polar surface area (TPSA) is 38.3 Å². The summed E-state index contributed by atoms with van der Waals surface area (Å²) in [6.07, 6.45) is 1.38. The Labute approximate surface area is 109 Å². The molecule has 1 N–H and O–H groups in total. The lowest BCUT2D eigenvalue weighted by Gasteiger charge is -2.29. The predicted molar refractivity (Wildman–Crippen MR) is 71.5 cm³/mol. The van der Waals surface area contributed by atoms with Gasteiger partial charge >= 0.3 is 0 Å². The molecule has 1 heterocycles. The lowest BCUT2D eigenvalue weighted by atomic mass is 9.86. The molecule has 2 rings (SSSR count). The van der Waals surface area contributed by atoms with Crippen LogP contribution in [-0.2, 0) is 15.1 Å². The van der Waals surface area contributed by atoms with Gasteiger partial charge in [0.25, 0.3) is 0 Å². The number of Topliss-reactive ketones (excluding diaryl/α,β-unsaturated/α-hetero) is 1. The van der Waals surface area contributed by atoms with Gasteiger partial charge in [-0.15, -0.1) is 0 Å². The van der Waals surface area contributed by atoms with Gasteiger partial charge < -0.3 is 10.1 Å². The molecule has 3 heteroatoms. The van der Waals surface area contributed by atoms with Crippen molar-refractivity contribution in [3.63, 3.8) is 0 Å². The summed E-state index contributed by atoms with van der Waals surface area (Å²) in [4.78, 5) is 11.7. The predicted octanol–water partition coefficient (Wildman–Crippen LogP) is 2.56. The molecule has 0 saturated heterocycles. The van der Waals surface area contributed by atoms with E-state index in [1.165, 1.54) is 5.56 Å². The Balaban J connectivity index is 2.42. The first-order valence-electron chi connectivity index (χ1n) is 6.57. The first-order valence-corrected chi connectivity index (χ1v) is 6.57. The van der Waals surface area contributed by atoms with Crippen LogP contribution >= 0.6 is 0 Å². The number of rotatable bonds is 5. The van der Waals surface area contributed by atoms with Gasteiger partial charge in [-0.3, -0.25) is 4.79 Å². The van der Waals surface area contributed by atoms with Gasteiger partial charge in [0, 0.05) is 0 Å². The maximum absolute atomic E-state index is 11.7. The average Bonchev–Trinajstić information content (AvgIpc) is 2.72. The molecule has 0 aromatic heterocycles. The molecule has 0 spiro atoms. The molecule has 0 saturated carbocycles. The molecule has 1 aromatic rings. The zero-order valence-corrected chi connectivity index (χ0v) is 11.3. The Kier molecular flexibility index (Phi) is 3.83. The normalized spacial score (nSPS) is 26.1. The summed E-state index contributed by atoms with van der Waals surface area (Å²) in [5.74, 6) is 0.0854. The number of hydrogen-bond donors (Lipinski definition) is 1. The summed E-state index contributed by atoms with van der Waals surface area (Å²) in [5, 5.41) is 3.16. The zero-order chi connectivity index (χ0) is 13.2. The molecule has 0 amide bonds. The van der Waals surface area contributed by atoms with Crippen LogP contribution < -0.4 is 5.32 Å². The molecular weight excluding hydrogens is 226 g/mol. The summed E-state index contributed by atoms with van der Waals surface area (Å²) in [6.45, 7) is 4.60. The monoisotopic (exact) mass is 247 g/mol. The number of ketones is 1. The summed E-state index contributed by atoms with van der Waals surface area (Å²) >= 11 is 0. The van der Waals surface area contributed by atoms with Crippen LogP contribution in [0.2, 0.25) is 0 Å². The smallest absolute Gasteiger partial charge is 0.163 e. The van der Waals surface area contributed by atoms with Crippen molar-refractivity contribution in [2.45, 2.75) is 38.4 Å². The molecule has 18 heavy (non-hydrogen) atoms. The van der Waals surface area contributed by atoms with E-state index >= 15 is 0 Å². The molecule has 98 valence electrons. The molecule has 0 fully saturated rings. The van der Waals surface area contributed by atoms with Gasteiger partial charge in [0.15, 0.2) is 5.78 Å². The fourth-order valence-electron chi connectivity index (χ4n) is 2.77. The molecule has 1 aliphatic heterocycles. The van der Waals surface area contributed by atoms with Crippen LogP contribution in [-0.4, -0.2) is 19.4 Å². The van der Waals surface area contributed by atoms with E-state index in [-0.39, 0.29) is 11.4 Å². The highest BCUT2D eigenvalue weighted by molar-refractivity contribution is 5.83. The van der Waals surface area contributed by atoms with Gasteiger partial charge in [0.05, 0.1) is 5.60 Å². The van der Waals surface area contributed by atoms with Crippen molar-refractivity contribution in [1.29, 1.82) is 0 Å². The largest absolute Gasteiger partial charge is 0.354 e. The van der Waals surface area contributed by atoms with Crippen molar-refractivity contribution in [3.8, 4) is 0 Å². The van der Waals surface area contributed by atoms with E-state index in [1.807, 2.05) is 25.2 Å². The molecule has 0 bridgehead atoms. The fraction of sp³-hybridized carbons (Fsp3) is 0.533. The van der Waals surface area contributed by atoms with E-state index in [2.05, 4.69) is 18.3 Å². The molecule has 0 aliphatic carbocycles. The Hall–Kier alpha value is -1.19. The standard InChI is InChI=1S/C15H21NO2/c1-4-15(9-10-16-3)13-8-6-5-7-12(13)14(18-15)11(2)17/h5-8,14,16H,4,9-10H2,1-3H3. The second-order valence-corrected chi connectivity index (χ2v) is 4.90. The van der Waals surface area contributed by atoms with Crippen LogP contribution in [0.5, 0.6) is 0 Å². The number of benzene rings is 1. The van der Waals surface area contributed by atoms with E-state index in [9.17, 15) is 4.79 Å². The highest BCUT2D eigenvalue weighted by Gasteiger charge is 2.44. The second kappa shape index (κ2) is 5.21. The number of carbonyl (C=O) groups excluding carboxylic acids is 1. The minimum Gasteiger partial charge on any atom is -0.354 e. The van der Waals surface area contributed by atoms with E-state index in [4.69, 9.17) is 4.74 Å². The van der Waals surface area contributed by atoms with E-state index in [1.54, 1.807) is 6.92 Å². The molecule has 2 atom stereocenters. The Morgan fingerprint density at radius 2 is 2.17 bits per heavy atom. The van der Waals surface area contributed by atoms with Crippen molar-refractivity contribution in [1.82, 2.24) is 5.32 Å². The third-order valence-electron chi connectivity index (χ3n) is 3.80. The second-order valence-electron chi connectivity index (χ2n) is 4.90. The maximum Gasteiger partial charge on any atom is 0.163 e. The molecule has 3 nitrogen and oxygen atoms in total. The number of ether oxygens (including phenoxy) is 1. The maximum atomic E-state index is 11.7. The third kappa shape index (κ3) is 2.08. The van der Waals surface area contributed by atoms with Gasteiger partial charge in [-0.2, -0.15) is 0 Å². The molecule has 2 unspecified atom stereocenters. The van der Waals surface area contributed by atoms with Gasteiger partial charge in [-0.05, 0) is 44.5 Å². The van der Waals surface area contributed by atoms with Gasteiger partial charge in [-0.25, -0.2) is 0 Å². The average molecular weight is 247 g/mol. The van der Waals surface area contributed by atoms with E-state index in [0.29, 0.717) is 0 Å². The lowest BCUT2D eigenvalue weighted by Crippen LogP contribution is -2.30. The molecule has 0 radical (unpaired) electrons. The summed E-state index contributed by atoms with van der Waals surface area (Å²) < 4.78 is 6.14. The van der Waals surface area contributed by atoms with E-state index in [0.717, 1.165) is 24.9 Å². The Morgan fingerprint density at radius 1 is 1.44 bits per heavy atom. The highest BCUT2D eigenvalue weighted by atomic mass is 16.5. The molecule has 1 aromatic carbocycles. The van der Waals surface area contributed by atoms with Crippen LogP contribution in [0.3, 0.4) is 0 Å². The van der Waals surface area contributed by atoms with Crippen molar-refractivity contribution in [2.24, 2.45) is 0 Å². The van der Waals surface area contributed by atoms with Gasteiger partial charge in [0.1, 0.15) is 6.10 Å². The highest BCUT2D eigenvalue weighted by Crippen LogP contribution is 2.47. The Morgan fingerprint density at radius 3 is 2.78 bits per heavy atom.